The zero-order chi connectivity index (χ0) is 53.2. The van der Waals surface area contributed by atoms with Crippen molar-refractivity contribution in [3.05, 3.63) is 56.8 Å². The topological polar surface area (TPSA) is 394 Å². The fraction of sp³-hybridized carbons (Fsp3) is 0.521. The molecule has 0 radical (unpaired) electrons. The van der Waals surface area contributed by atoms with Gasteiger partial charge in [0, 0.05) is 88.7 Å². The zero-order valence-electron chi connectivity index (χ0n) is 42.1. The van der Waals surface area contributed by atoms with Crippen LogP contribution in [0.15, 0.2) is 44.6 Å². The number of benzene rings is 2. The highest BCUT2D eigenvalue weighted by Gasteiger charge is 2.27. The summed E-state index contributed by atoms with van der Waals surface area (Å²) in [5.74, 6) is -2.84. The van der Waals surface area contributed by atoms with Crippen LogP contribution in [0, 0.1) is 10.8 Å². The van der Waals surface area contributed by atoms with Crippen LogP contribution in [0.4, 0.5) is 0 Å². The Kier molecular flexibility index (Phi) is 25.7. The van der Waals surface area contributed by atoms with Crippen LogP contribution in [-0.2, 0) is 32.0 Å². The van der Waals surface area contributed by atoms with Gasteiger partial charge in [0.05, 0.1) is 12.5 Å². The number of amides is 4. The van der Waals surface area contributed by atoms with Gasteiger partial charge in [0.25, 0.3) is 11.8 Å². The van der Waals surface area contributed by atoms with Crippen molar-refractivity contribution in [2.45, 2.75) is 78.3 Å². The van der Waals surface area contributed by atoms with E-state index in [-0.39, 0.29) is 95.4 Å². The number of carbonyl (C=O) groups excluding carboxylic acids is 4. The molecular formula is C48H76N14O10. The Labute approximate surface area is 419 Å². The summed E-state index contributed by atoms with van der Waals surface area (Å²) in [4.78, 5) is 68.1. The molecule has 4 amide bonds. The van der Waals surface area contributed by atoms with Crippen molar-refractivity contribution in [3.63, 3.8) is 0 Å². The number of guanidine groups is 2. The summed E-state index contributed by atoms with van der Waals surface area (Å²) in [5.41, 5.74) is 23.6. The highest BCUT2D eigenvalue weighted by molar-refractivity contribution is 5.98. The predicted octanol–water partition coefficient (Wildman–Crippen LogP) is -0.739. The summed E-state index contributed by atoms with van der Waals surface area (Å²) in [7, 11) is 1.39. The quantitative estimate of drug-likeness (QED) is 0.0117. The monoisotopic (exact) mass is 1010 g/mol. The number of fused-ring (bicyclic) bond motifs is 2. The molecule has 0 fully saturated rings. The van der Waals surface area contributed by atoms with Crippen molar-refractivity contribution in [2.24, 2.45) is 22.9 Å². The van der Waals surface area contributed by atoms with Gasteiger partial charge < -0.3 is 89.2 Å². The van der Waals surface area contributed by atoms with E-state index in [1.807, 2.05) is 39.8 Å². The highest BCUT2D eigenvalue weighted by atomic mass is 16.5. The Hall–Kier alpha value is -7.15. The Morgan fingerprint density at radius 3 is 1.58 bits per heavy atom. The van der Waals surface area contributed by atoms with Gasteiger partial charge in [-0.3, -0.25) is 34.8 Å². The summed E-state index contributed by atoms with van der Waals surface area (Å²) in [6.45, 7) is 10.4. The first-order valence-electron chi connectivity index (χ1n) is 23.9. The minimum atomic E-state index is -0.967. The number of phenolic OH excluding ortho intramolecular Hbond substituents is 1. The lowest BCUT2D eigenvalue weighted by Crippen LogP contribution is -2.49. The third kappa shape index (κ3) is 19.6. The number of ether oxygens (including phenoxy) is 3. The maximum absolute atomic E-state index is 14.7. The first-order chi connectivity index (χ1) is 34.4. The summed E-state index contributed by atoms with van der Waals surface area (Å²) < 4.78 is 24.3. The Balaban J connectivity index is 2.05. The number of nitrogens with two attached hydrogens (primary N) is 4. The molecule has 3 aromatic rings. The number of rotatable bonds is 33. The average Bonchev–Trinajstić information content (AvgIpc) is 3.32. The van der Waals surface area contributed by atoms with Crippen LogP contribution in [0.1, 0.15) is 64.5 Å². The molecule has 0 bridgehead atoms. The van der Waals surface area contributed by atoms with E-state index < -0.39 is 60.1 Å². The first kappa shape index (κ1) is 59.2. The first-order valence-corrected chi connectivity index (χ1v) is 23.9. The maximum atomic E-state index is 14.7. The molecule has 72 heavy (non-hydrogen) atoms. The van der Waals surface area contributed by atoms with E-state index in [1.165, 1.54) is 19.2 Å². The number of phenols is 1. The molecule has 19 N–H and O–H groups in total. The molecule has 0 aliphatic rings. The summed E-state index contributed by atoms with van der Waals surface area (Å²) >= 11 is 0. The zero-order valence-corrected chi connectivity index (χ0v) is 42.1. The molecular weight excluding hydrogens is 933 g/mol. The van der Waals surface area contributed by atoms with E-state index in [9.17, 15) is 29.1 Å². The van der Waals surface area contributed by atoms with Gasteiger partial charge in [-0.25, -0.2) is 0 Å². The second-order valence-corrected chi connectivity index (χ2v) is 17.2. The van der Waals surface area contributed by atoms with Gasteiger partial charge in [-0.2, -0.15) is 0 Å². The van der Waals surface area contributed by atoms with Crippen LogP contribution >= 0.6 is 0 Å². The molecule has 2 atom stereocenters. The molecule has 2 unspecified atom stereocenters. The third-order valence-corrected chi connectivity index (χ3v) is 10.8. The molecule has 1 aromatic heterocycles. The van der Waals surface area contributed by atoms with E-state index in [4.69, 9.17) is 52.4 Å². The third-order valence-electron chi connectivity index (χ3n) is 10.8. The van der Waals surface area contributed by atoms with Crippen molar-refractivity contribution < 1.29 is 42.9 Å². The van der Waals surface area contributed by atoms with Gasteiger partial charge in [-0.15, -0.1) is 0 Å². The second-order valence-electron chi connectivity index (χ2n) is 17.2. The summed E-state index contributed by atoms with van der Waals surface area (Å²) in [5, 5.41) is 49.3. The van der Waals surface area contributed by atoms with Gasteiger partial charge in [0.15, 0.2) is 36.6 Å². The van der Waals surface area contributed by atoms with E-state index in [2.05, 4.69) is 42.5 Å². The molecule has 0 aliphatic carbocycles. The normalized spacial score (nSPS) is 11.7. The van der Waals surface area contributed by atoms with Gasteiger partial charge >= 0.3 is 0 Å². The Morgan fingerprint density at radius 1 is 0.667 bits per heavy atom. The lowest BCUT2D eigenvalue weighted by atomic mass is 9.98. The van der Waals surface area contributed by atoms with E-state index in [1.54, 1.807) is 0 Å². The number of hydrogen-bond acceptors (Lipinski definition) is 16. The van der Waals surface area contributed by atoms with Crippen molar-refractivity contribution in [3.8, 4) is 23.0 Å². The standard InChI is InChI=1S/C48H76N14O10/c1-28(2)10-12-30-34(70-26-38(63)61-32(8-6-16-59-47(51)52)45(67)57-22-20-55-18-14-49)24-36-41(42(30)65)43(66)40-31(13-11-29(3)4)44(69-5)37(25-35(40)72-36)71-27-39(64)62-33(9-7-17-60-48(53)54)46(68)58-23-21-56-19-15-50/h10-11,24-25,32-33,55-56,65H,6-9,12-23,26-27,49-50H2,1-5H3,(H,57,67)(H,58,68)(H,61,63)(H,62,64)(H4,51,52,59)(H4,53,54,60). The predicted molar refractivity (Wildman–Crippen MR) is 277 cm³/mol. The molecule has 0 saturated carbocycles. The van der Waals surface area contributed by atoms with Crippen molar-refractivity contribution in [1.29, 1.82) is 10.8 Å². The fourth-order valence-electron chi connectivity index (χ4n) is 7.27. The van der Waals surface area contributed by atoms with Crippen molar-refractivity contribution in [1.82, 2.24) is 42.5 Å². The number of methoxy groups -OCH3 is 1. The lowest BCUT2D eigenvalue weighted by molar-refractivity contribution is -0.130. The molecule has 2 aromatic carbocycles. The maximum Gasteiger partial charge on any atom is 0.258 e. The average molecular weight is 1010 g/mol. The van der Waals surface area contributed by atoms with Crippen LogP contribution in [0.25, 0.3) is 21.9 Å². The van der Waals surface area contributed by atoms with Crippen molar-refractivity contribution >= 4 is 57.5 Å². The fourth-order valence-corrected chi connectivity index (χ4v) is 7.27. The second kappa shape index (κ2) is 31.2. The summed E-state index contributed by atoms with van der Waals surface area (Å²) in [6, 6.07) is 0.875. The molecule has 0 saturated heterocycles. The molecule has 1 heterocycles. The SMILES string of the molecule is COc1c(OCC(=O)NC(CCCNC(=N)N)C(=O)NCCNCCN)cc2oc3cc(OCC(=O)NC(CCCNC(=N)N)C(=O)NCCNCCN)c(CC=C(C)C)c(O)c3c(=O)c2c1CC=C(C)C. The highest BCUT2D eigenvalue weighted by Crippen LogP contribution is 2.41. The van der Waals surface area contributed by atoms with Crippen LogP contribution < -0.4 is 85.1 Å². The Morgan fingerprint density at radius 2 is 1.12 bits per heavy atom. The van der Waals surface area contributed by atoms with E-state index in [0.717, 1.165) is 11.1 Å². The molecule has 24 heteroatoms. The minimum absolute atomic E-state index is 0.0193. The van der Waals surface area contributed by atoms with Crippen LogP contribution in [-0.4, -0.2) is 139 Å². The smallest absolute Gasteiger partial charge is 0.258 e. The molecule has 0 aliphatic heterocycles. The number of hydrogen-bond donors (Lipinski definition) is 15. The van der Waals surface area contributed by atoms with Crippen LogP contribution in [0.2, 0.25) is 0 Å². The minimum Gasteiger partial charge on any atom is -0.507 e. The van der Waals surface area contributed by atoms with Crippen LogP contribution in [0.3, 0.4) is 0 Å². The molecule has 24 nitrogen and oxygen atoms in total. The van der Waals surface area contributed by atoms with Gasteiger partial charge in [-0.05, 0) is 66.2 Å². The van der Waals surface area contributed by atoms with Gasteiger partial charge in [-0.1, -0.05) is 23.3 Å². The lowest BCUT2D eigenvalue weighted by Gasteiger charge is -2.20. The van der Waals surface area contributed by atoms with Crippen LogP contribution in [0.5, 0.6) is 23.0 Å². The van der Waals surface area contributed by atoms with Gasteiger partial charge in [0.1, 0.15) is 40.1 Å². The molecule has 398 valence electrons. The number of allylic oxidation sites excluding steroid dienone is 4. The molecule has 0 spiro atoms. The van der Waals surface area contributed by atoms with Crippen molar-refractivity contribution in [2.75, 3.05) is 85.8 Å². The number of carbonyl (C=O) groups is 4. The Bertz CT molecular complexity index is 2450. The number of aromatic hydroxyl groups is 1. The number of nitrogens with one attached hydrogen (secondary N) is 10. The van der Waals surface area contributed by atoms with E-state index >= 15 is 0 Å². The van der Waals surface area contributed by atoms with E-state index in [0.29, 0.717) is 70.8 Å². The molecule has 3 rings (SSSR count). The van der Waals surface area contributed by atoms with Gasteiger partial charge in [0.2, 0.25) is 17.2 Å². The summed E-state index contributed by atoms with van der Waals surface area (Å²) in [6.07, 6.45) is 5.16. The largest absolute Gasteiger partial charge is 0.507 e.